The summed E-state index contributed by atoms with van der Waals surface area (Å²) in [4.78, 5) is 12.1. The molecule has 0 aromatic heterocycles. The van der Waals surface area contributed by atoms with Crippen LogP contribution < -0.4 is 9.03 Å². The molecule has 0 radical (unpaired) electrons. The number of halogens is 1. The van der Waals surface area contributed by atoms with Gasteiger partial charge in [0.2, 0.25) is 15.9 Å². The molecule has 0 bridgehead atoms. The maximum atomic E-state index is 12.9. The molecule has 1 heterocycles. The van der Waals surface area contributed by atoms with Crippen molar-refractivity contribution in [2.75, 3.05) is 14.8 Å². The fraction of sp³-hybridized carbons (Fsp3) is 0.278. The fourth-order valence-corrected chi connectivity index (χ4v) is 6.45. The lowest BCUT2D eigenvalue weighted by Crippen LogP contribution is -2.29. The Morgan fingerprint density at radius 2 is 1.64 bits per heavy atom. The number of amides is 1. The molecule has 0 atom stereocenters. The summed E-state index contributed by atoms with van der Waals surface area (Å²) in [6.45, 7) is 5.00. The number of carbonyl (C=O) groups is 1. The largest absolute Gasteiger partial charge is 0.280 e. The van der Waals surface area contributed by atoms with Gasteiger partial charge < -0.3 is 0 Å². The molecule has 0 aliphatic carbocycles. The molecule has 10 heteroatoms. The average molecular weight is 487 g/mol. The van der Waals surface area contributed by atoms with Gasteiger partial charge in [0.25, 0.3) is 10.0 Å². The van der Waals surface area contributed by atoms with Crippen molar-refractivity contribution >= 4 is 53.3 Å². The van der Waals surface area contributed by atoms with Crippen LogP contribution in [0.5, 0.6) is 0 Å². The van der Waals surface area contributed by atoms with Crippen LogP contribution in [0.25, 0.3) is 0 Å². The summed E-state index contributed by atoms with van der Waals surface area (Å²) < 4.78 is 54.4. The second kappa shape index (κ2) is 7.16. The molecule has 1 saturated heterocycles. The highest BCUT2D eigenvalue weighted by Gasteiger charge is 2.37. The molecule has 28 heavy (non-hydrogen) atoms. The SMILES string of the molecule is Cc1cc(NS(=O)(=O)c2c(C)cc(N3C(=O)CCS3(=O)=O)cc2C)ccc1Br. The minimum Gasteiger partial charge on any atom is -0.280 e. The predicted octanol–water partition coefficient (Wildman–Crippen LogP) is 3.24. The van der Waals surface area contributed by atoms with E-state index in [9.17, 15) is 21.6 Å². The number of anilines is 2. The van der Waals surface area contributed by atoms with E-state index in [-0.39, 0.29) is 22.8 Å². The molecule has 1 amide bonds. The first-order chi connectivity index (χ1) is 12.9. The first-order valence-electron chi connectivity index (χ1n) is 8.38. The molecule has 2 aromatic rings. The Kier molecular flexibility index (Phi) is 5.32. The summed E-state index contributed by atoms with van der Waals surface area (Å²) in [7, 11) is -7.62. The Bertz CT molecular complexity index is 1170. The monoisotopic (exact) mass is 486 g/mol. The van der Waals surface area contributed by atoms with Crippen molar-refractivity contribution in [3.8, 4) is 0 Å². The lowest BCUT2D eigenvalue weighted by Gasteiger charge is -2.19. The summed E-state index contributed by atoms with van der Waals surface area (Å²) in [6, 6.07) is 7.92. The minimum absolute atomic E-state index is 0.0564. The average Bonchev–Trinajstić information content (AvgIpc) is 2.82. The number of nitrogens with zero attached hydrogens (tertiary/aromatic N) is 1. The molecular formula is C18H19BrN2O5S2. The molecule has 1 aliphatic rings. The van der Waals surface area contributed by atoms with Crippen molar-refractivity contribution in [1.29, 1.82) is 0 Å². The van der Waals surface area contributed by atoms with Crippen molar-refractivity contribution in [3.05, 3.63) is 51.5 Å². The maximum Gasteiger partial charge on any atom is 0.262 e. The zero-order chi connectivity index (χ0) is 20.9. The number of sulfonamides is 2. The fourth-order valence-electron chi connectivity index (χ4n) is 3.25. The second-order valence-corrected chi connectivity index (χ2v) is 11.1. The van der Waals surface area contributed by atoms with E-state index in [2.05, 4.69) is 20.7 Å². The van der Waals surface area contributed by atoms with E-state index in [1.54, 1.807) is 32.0 Å². The number of hydrogen-bond acceptors (Lipinski definition) is 5. The summed E-state index contributed by atoms with van der Waals surface area (Å²) in [5.74, 6) is -0.757. The maximum absolute atomic E-state index is 12.9. The van der Waals surface area contributed by atoms with Gasteiger partial charge in [0.1, 0.15) is 0 Å². The highest BCUT2D eigenvalue weighted by molar-refractivity contribution is 9.10. The van der Waals surface area contributed by atoms with Crippen LogP contribution in [-0.2, 0) is 24.8 Å². The highest BCUT2D eigenvalue weighted by atomic mass is 79.9. The summed E-state index contributed by atoms with van der Waals surface area (Å²) in [6.07, 6.45) is -0.0784. The first kappa shape index (κ1) is 20.8. The highest BCUT2D eigenvalue weighted by Crippen LogP contribution is 2.32. The molecule has 1 fully saturated rings. The number of aryl methyl sites for hydroxylation is 3. The van der Waals surface area contributed by atoms with Gasteiger partial charge in [0.05, 0.1) is 16.3 Å². The van der Waals surface area contributed by atoms with Gasteiger partial charge in [-0.25, -0.2) is 21.1 Å². The zero-order valence-corrected chi connectivity index (χ0v) is 18.7. The van der Waals surface area contributed by atoms with Gasteiger partial charge in [-0.05, 0) is 67.8 Å². The predicted molar refractivity (Wildman–Crippen MR) is 111 cm³/mol. The quantitative estimate of drug-likeness (QED) is 0.714. The molecule has 7 nitrogen and oxygen atoms in total. The van der Waals surface area contributed by atoms with E-state index in [1.807, 2.05) is 6.92 Å². The van der Waals surface area contributed by atoms with Crippen molar-refractivity contribution < 1.29 is 21.6 Å². The number of rotatable bonds is 4. The van der Waals surface area contributed by atoms with Crippen LogP contribution in [-0.4, -0.2) is 28.5 Å². The number of nitrogens with one attached hydrogen (secondary N) is 1. The Morgan fingerprint density at radius 1 is 1.04 bits per heavy atom. The van der Waals surface area contributed by atoms with Gasteiger partial charge in [0, 0.05) is 16.6 Å². The Balaban J connectivity index is 2.03. The van der Waals surface area contributed by atoms with Crippen LogP contribution in [0.1, 0.15) is 23.1 Å². The molecule has 2 aromatic carbocycles. The Hall–Kier alpha value is -1.91. The molecule has 0 saturated carbocycles. The van der Waals surface area contributed by atoms with Crippen molar-refractivity contribution in [2.24, 2.45) is 0 Å². The Morgan fingerprint density at radius 3 is 2.14 bits per heavy atom. The van der Waals surface area contributed by atoms with Gasteiger partial charge in [-0.1, -0.05) is 15.9 Å². The van der Waals surface area contributed by atoms with Gasteiger partial charge in [0.15, 0.2) is 0 Å². The smallest absolute Gasteiger partial charge is 0.262 e. The molecule has 150 valence electrons. The van der Waals surface area contributed by atoms with Gasteiger partial charge >= 0.3 is 0 Å². The van der Waals surface area contributed by atoms with Crippen molar-refractivity contribution in [1.82, 2.24) is 0 Å². The third-order valence-corrected chi connectivity index (χ3v) is 8.70. The summed E-state index contributed by atoms with van der Waals surface area (Å²) >= 11 is 3.37. The van der Waals surface area contributed by atoms with E-state index in [0.29, 0.717) is 16.8 Å². The van der Waals surface area contributed by atoms with Crippen LogP contribution in [0.2, 0.25) is 0 Å². The molecule has 0 unspecified atom stereocenters. The van der Waals surface area contributed by atoms with Gasteiger partial charge in [-0.3, -0.25) is 9.52 Å². The van der Waals surface area contributed by atoms with Gasteiger partial charge in [-0.15, -0.1) is 0 Å². The Labute approximate surface area is 173 Å². The van der Waals surface area contributed by atoms with Crippen molar-refractivity contribution in [3.63, 3.8) is 0 Å². The number of carbonyl (C=O) groups excluding carboxylic acids is 1. The lowest BCUT2D eigenvalue weighted by molar-refractivity contribution is -0.116. The second-order valence-electron chi connectivity index (χ2n) is 6.70. The topological polar surface area (TPSA) is 101 Å². The molecule has 1 N–H and O–H groups in total. The molecule has 0 spiro atoms. The molecule has 3 rings (SSSR count). The summed E-state index contributed by atoms with van der Waals surface area (Å²) in [5.41, 5.74) is 2.16. The third-order valence-electron chi connectivity index (χ3n) is 4.44. The minimum atomic E-state index is -3.91. The zero-order valence-electron chi connectivity index (χ0n) is 15.5. The van der Waals surface area contributed by atoms with Crippen LogP contribution in [0.4, 0.5) is 11.4 Å². The first-order valence-corrected chi connectivity index (χ1v) is 12.3. The van der Waals surface area contributed by atoms with E-state index in [4.69, 9.17) is 0 Å². The number of hydrogen-bond donors (Lipinski definition) is 1. The van der Waals surface area contributed by atoms with E-state index < -0.39 is 26.0 Å². The van der Waals surface area contributed by atoms with E-state index in [1.165, 1.54) is 12.1 Å². The van der Waals surface area contributed by atoms with E-state index >= 15 is 0 Å². The third kappa shape index (κ3) is 3.81. The van der Waals surface area contributed by atoms with Gasteiger partial charge in [-0.2, -0.15) is 0 Å². The molecule has 1 aliphatic heterocycles. The summed E-state index contributed by atoms with van der Waals surface area (Å²) in [5, 5.41) is 0. The van der Waals surface area contributed by atoms with Crippen LogP contribution in [0, 0.1) is 20.8 Å². The van der Waals surface area contributed by atoms with Crippen LogP contribution in [0.15, 0.2) is 39.7 Å². The molecular weight excluding hydrogens is 468 g/mol. The standard InChI is InChI=1S/C18H19BrN2O5S2/c1-11-8-14(4-5-16(11)19)20-28(25,26)18-12(2)9-15(10-13(18)3)21-17(22)6-7-27(21,23)24/h4-5,8-10,20H,6-7H2,1-3H3. The van der Waals surface area contributed by atoms with E-state index in [0.717, 1.165) is 14.3 Å². The normalized spacial score (nSPS) is 16.4. The van der Waals surface area contributed by atoms with Crippen LogP contribution >= 0.6 is 15.9 Å². The van der Waals surface area contributed by atoms with Crippen molar-refractivity contribution in [2.45, 2.75) is 32.1 Å². The number of benzene rings is 2. The van der Waals surface area contributed by atoms with Crippen LogP contribution in [0.3, 0.4) is 0 Å². The lowest BCUT2D eigenvalue weighted by atomic mass is 10.1.